The lowest BCUT2D eigenvalue weighted by atomic mass is 9.98. The van der Waals surface area contributed by atoms with Gasteiger partial charge in [-0.1, -0.05) is 30.3 Å². The fraction of sp³-hybridized carbons (Fsp3) is 0.0500. The van der Waals surface area contributed by atoms with E-state index in [1.807, 2.05) is 24.3 Å². The first-order chi connectivity index (χ1) is 12.8. The largest absolute Gasteiger partial charge is 0.416 e. The average molecular weight is 370 g/mol. The minimum absolute atomic E-state index is 0.145. The molecule has 0 atom stereocenters. The Morgan fingerprint density at radius 2 is 1.59 bits per heavy atom. The van der Waals surface area contributed by atoms with E-state index < -0.39 is 17.6 Å². The minimum Gasteiger partial charge on any atom is -0.382 e. The van der Waals surface area contributed by atoms with Crippen molar-refractivity contribution in [3.8, 4) is 22.3 Å². The quantitative estimate of drug-likeness (QED) is 0.462. The van der Waals surface area contributed by atoms with Gasteiger partial charge in [-0.15, -0.1) is 0 Å². The number of anilines is 1. The Labute approximate surface area is 151 Å². The fourth-order valence-corrected chi connectivity index (χ4v) is 2.92. The molecule has 1 radical (unpaired) electrons. The number of nitrogens with two attached hydrogens (primary N) is 1. The van der Waals surface area contributed by atoms with Crippen molar-refractivity contribution in [1.82, 2.24) is 10.2 Å². The van der Waals surface area contributed by atoms with Crippen LogP contribution in [0.15, 0.2) is 54.6 Å². The second kappa shape index (κ2) is 6.12. The summed E-state index contributed by atoms with van der Waals surface area (Å²) in [7, 11) is 0. The minimum atomic E-state index is -4.56. The van der Waals surface area contributed by atoms with Crippen molar-refractivity contribution >= 4 is 16.7 Å². The van der Waals surface area contributed by atoms with Crippen LogP contribution in [-0.4, -0.2) is 10.2 Å². The molecule has 0 amide bonds. The average Bonchev–Trinajstić information content (AvgIpc) is 3.02. The summed E-state index contributed by atoms with van der Waals surface area (Å²) in [5.41, 5.74) is 7.46. The standard InChI is InChI=1S/C20H12F4N3/c21-17-8-6-14(20(22,23)24)10-16(17)12-3-1-11(2-4-12)13-5-7-15-18(9-13)26-27-19(15)25/h1-7,9-10H,(H3,25,26,27). The first-order valence-electron chi connectivity index (χ1n) is 7.96. The maximum Gasteiger partial charge on any atom is 0.416 e. The van der Waals surface area contributed by atoms with Gasteiger partial charge in [-0.05, 0) is 41.0 Å². The van der Waals surface area contributed by atoms with Gasteiger partial charge in [0.15, 0.2) is 5.82 Å². The lowest BCUT2D eigenvalue weighted by Crippen LogP contribution is -2.05. The summed E-state index contributed by atoms with van der Waals surface area (Å²) in [4.78, 5) is 0. The van der Waals surface area contributed by atoms with Crippen molar-refractivity contribution in [3.05, 3.63) is 72.0 Å². The molecule has 0 unspecified atom stereocenters. The highest BCUT2D eigenvalue weighted by Crippen LogP contribution is 2.34. The van der Waals surface area contributed by atoms with Gasteiger partial charge < -0.3 is 5.73 Å². The molecule has 0 aliphatic rings. The van der Waals surface area contributed by atoms with Crippen LogP contribution >= 0.6 is 0 Å². The summed E-state index contributed by atoms with van der Waals surface area (Å²) in [6, 6.07) is 15.6. The Balaban J connectivity index is 1.71. The molecule has 0 bridgehead atoms. The number of aromatic amines is 1. The molecule has 3 N–H and O–H groups in total. The molecular weight excluding hydrogens is 358 g/mol. The van der Waals surface area contributed by atoms with E-state index >= 15 is 0 Å². The van der Waals surface area contributed by atoms with Crippen molar-refractivity contribution < 1.29 is 17.6 Å². The predicted octanol–water partition coefficient (Wildman–Crippen LogP) is 5.44. The van der Waals surface area contributed by atoms with Crippen molar-refractivity contribution in [2.75, 3.05) is 5.73 Å². The molecule has 0 fully saturated rings. The van der Waals surface area contributed by atoms with Crippen LogP contribution < -0.4 is 5.73 Å². The summed E-state index contributed by atoms with van der Waals surface area (Å²) in [6.45, 7) is 0. The SMILES string of the molecule is Nc1n[nH]c2cc(-c3ccc(-c4cc(C(F)(F)F)c[c]c4F)cc3)ccc12. The first-order valence-corrected chi connectivity index (χ1v) is 7.96. The maximum absolute atomic E-state index is 14.0. The Kier molecular flexibility index (Phi) is 3.87. The van der Waals surface area contributed by atoms with Crippen LogP contribution in [0.1, 0.15) is 5.56 Å². The zero-order chi connectivity index (χ0) is 19.2. The summed E-state index contributed by atoms with van der Waals surface area (Å²) < 4.78 is 52.6. The predicted molar refractivity (Wildman–Crippen MR) is 95.2 cm³/mol. The topological polar surface area (TPSA) is 54.7 Å². The number of hydrogen-bond donors (Lipinski definition) is 2. The molecule has 1 aromatic heterocycles. The van der Waals surface area contributed by atoms with Crippen LogP contribution in [0.2, 0.25) is 0 Å². The van der Waals surface area contributed by atoms with Gasteiger partial charge >= 0.3 is 6.18 Å². The monoisotopic (exact) mass is 370 g/mol. The number of hydrogen-bond acceptors (Lipinski definition) is 2. The Hall–Kier alpha value is -3.35. The number of fused-ring (bicyclic) bond motifs is 1. The van der Waals surface area contributed by atoms with Crippen LogP contribution in [0, 0.1) is 11.9 Å². The number of nitrogen functional groups attached to an aromatic ring is 1. The van der Waals surface area contributed by atoms with Crippen LogP contribution in [0.3, 0.4) is 0 Å². The normalized spacial score (nSPS) is 11.9. The molecule has 0 spiro atoms. The van der Waals surface area contributed by atoms with E-state index in [1.54, 1.807) is 24.3 Å². The number of aromatic nitrogens is 2. The summed E-state index contributed by atoms with van der Waals surface area (Å²) in [6.07, 6.45) is -4.56. The highest BCUT2D eigenvalue weighted by molar-refractivity contribution is 5.91. The number of nitrogens with zero attached hydrogens (tertiary/aromatic N) is 1. The van der Waals surface area contributed by atoms with E-state index in [4.69, 9.17) is 5.73 Å². The molecule has 7 heteroatoms. The van der Waals surface area contributed by atoms with Gasteiger partial charge in [0.05, 0.1) is 11.1 Å². The van der Waals surface area contributed by atoms with Crippen LogP contribution in [0.4, 0.5) is 23.4 Å². The second-order valence-corrected chi connectivity index (χ2v) is 6.06. The molecule has 0 aliphatic carbocycles. The highest BCUT2D eigenvalue weighted by Gasteiger charge is 2.31. The Bertz CT molecular complexity index is 1130. The Morgan fingerprint density at radius 1 is 0.926 bits per heavy atom. The third-order valence-electron chi connectivity index (χ3n) is 4.34. The number of halogens is 4. The number of H-pyrrole nitrogens is 1. The number of benzene rings is 3. The number of nitrogens with one attached hydrogen (secondary N) is 1. The molecule has 0 aliphatic heterocycles. The molecule has 3 nitrogen and oxygen atoms in total. The third-order valence-corrected chi connectivity index (χ3v) is 4.34. The highest BCUT2D eigenvalue weighted by atomic mass is 19.4. The second-order valence-electron chi connectivity index (χ2n) is 6.06. The molecule has 4 rings (SSSR count). The van der Waals surface area contributed by atoms with Gasteiger partial charge in [-0.2, -0.15) is 18.3 Å². The van der Waals surface area contributed by atoms with Gasteiger partial charge in [0, 0.05) is 17.0 Å². The van der Waals surface area contributed by atoms with Crippen molar-refractivity contribution in [3.63, 3.8) is 0 Å². The van der Waals surface area contributed by atoms with E-state index in [9.17, 15) is 17.6 Å². The number of rotatable bonds is 2. The first kappa shape index (κ1) is 17.1. The zero-order valence-electron chi connectivity index (χ0n) is 13.7. The van der Waals surface area contributed by atoms with Crippen molar-refractivity contribution in [2.45, 2.75) is 6.18 Å². The van der Waals surface area contributed by atoms with Crippen molar-refractivity contribution in [2.24, 2.45) is 0 Å². The van der Waals surface area contributed by atoms with Gasteiger partial charge in [-0.25, -0.2) is 4.39 Å². The van der Waals surface area contributed by atoms with E-state index in [2.05, 4.69) is 10.2 Å². The lowest BCUT2D eigenvalue weighted by molar-refractivity contribution is -0.137. The zero-order valence-corrected chi connectivity index (χ0v) is 13.7. The van der Waals surface area contributed by atoms with E-state index in [1.165, 1.54) is 0 Å². The van der Waals surface area contributed by atoms with Crippen LogP contribution in [0.5, 0.6) is 0 Å². The molecule has 4 aromatic rings. The molecule has 3 aromatic carbocycles. The molecule has 135 valence electrons. The van der Waals surface area contributed by atoms with Crippen LogP contribution in [0.25, 0.3) is 33.2 Å². The summed E-state index contributed by atoms with van der Waals surface area (Å²) in [5, 5.41) is 7.57. The van der Waals surface area contributed by atoms with Gasteiger partial charge in [-0.3, -0.25) is 5.10 Å². The number of alkyl halides is 3. The van der Waals surface area contributed by atoms with Gasteiger partial charge in [0.2, 0.25) is 0 Å². The van der Waals surface area contributed by atoms with E-state index in [-0.39, 0.29) is 5.56 Å². The molecule has 1 heterocycles. The Morgan fingerprint density at radius 3 is 2.30 bits per heavy atom. The van der Waals surface area contributed by atoms with E-state index in [0.29, 0.717) is 17.4 Å². The third kappa shape index (κ3) is 3.12. The molecule has 27 heavy (non-hydrogen) atoms. The van der Waals surface area contributed by atoms with Crippen LogP contribution in [-0.2, 0) is 6.18 Å². The molecule has 0 saturated carbocycles. The van der Waals surface area contributed by atoms with Gasteiger partial charge in [0.1, 0.15) is 5.82 Å². The summed E-state index contributed by atoms with van der Waals surface area (Å²) in [5.74, 6) is -0.423. The summed E-state index contributed by atoms with van der Waals surface area (Å²) >= 11 is 0. The van der Waals surface area contributed by atoms with Gasteiger partial charge in [0.25, 0.3) is 0 Å². The lowest BCUT2D eigenvalue weighted by Gasteiger charge is -2.10. The molecular formula is C20H12F4N3. The molecule has 0 saturated heterocycles. The van der Waals surface area contributed by atoms with E-state index in [0.717, 1.165) is 28.1 Å². The smallest absolute Gasteiger partial charge is 0.382 e. The fourth-order valence-electron chi connectivity index (χ4n) is 2.92. The maximum atomic E-state index is 14.0. The van der Waals surface area contributed by atoms with Crippen molar-refractivity contribution in [1.29, 1.82) is 0 Å².